The standard InChI is InChI=1S/C27H31N3O4/c1-17-12-24(34-3)22(21-8-10-28-25(17)21)14-29-11-9-27(15-30(16-27)18(2)31)13-23(29)19-4-6-20(7-5-19)26(32)33/h4-8,10,12,23,28H,9,11,13-16H2,1-3H3,(H,32,33). The zero-order valence-corrected chi connectivity index (χ0v) is 19.9. The molecule has 5 rings (SSSR count). The number of carboxylic acids is 1. The third-order valence-electron chi connectivity index (χ3n) is 7.73. The lowest BCUT2D eigenvalue weighted by Crippen LogP contribution is -2.61. The predicted molar refractivity (Wildman–Crippen MR) is 130 cm³/mol. The summed E-state index contributed by atoms with van der Waals surface area (Å²) in [4.78, 5) is 31.0. The van der Waals surface area contributed by atoms with E-state index in [-0.39, 0.29) is 17.4 Å². The zero-order valence-electron chi connectivity index (χ0n) is 19.9. The van der Waals surface area contributed by atoms with Crippen LogP contribution >= 0.6 is 0 Å². The molecule has 2 aromatic carbocycles. The number of rotatable bonds is 5. The molecule has 7 heteroatoms. The van der Waals surface area contributed by atoms with Crippen molar-refractivity contribution in [2.24, 2.45) is 5.41 Å². The van der Waals surface area contributed by atoms with E-state index in [2.05, 4.69) is 28.9 Å². The van der Waals surface area contributed by atoms with Crippen molar-refractivity contribution in [1.82, 2.24) is 14.8 Å². The van der Waals surface area contributed by atoms with E-state index in [0.29, 0.717) is 5.56 Å². The summed E-state index contributed by atoms with van der Waals surface area (Å²) in [6.07, 6.45) is 3.94. The van der Waals surface area contributed by atoms with Crippen LogP contribution in [-0.2, 0) is 11.3 Å². The van der Waals surface area contributed by atoms with E-state index in [1.54, 1.807) is 26.2 Å². The zero-order chi connectivity index (χ0) is 24.0. The van der Waals surface area contributed by atoms with Crippen molar-refractivity contribution in [2.45, 2.75) is 39.3 Å². The Balaban J connectivity index is 1.49. The van der Waals surface area contributed by atoms with Crippen molar-refractivity contribution >= 4 is 22.8 Å². The molecule has 0 bridgehead atoms. The number of aromatic nitrogens is 1. The van der Waals surface area contributed by atoms with Crippen LogP contribution in [0.1, 0.15) is 52.9 Å². The van der Waals surface area contributed by atoms with Gasteiger partial charge < -0.3 is 19.7 Å². The summed E-state index contributed by atoms with van der Waals surface area (Å²) in [7, 11) is 1.72. The van der Waals surface area contributed by atoms with Gasteiger partial charge in [0, 0.05) is 60.7 Å². The number of aryl methyl sites for hydroxylation is 1. The largest absolute Gasteiger partial charge is 0.496 e. The Labute approximate surface area is 199 Å². The van der Waals surface area contributed by atoms with Crippen LogP contribution in [0, 0.1) is 12.3 Å². The number of nitrogens with one attached hydrogen (secondary N) is 1. The third-order valence-corrected chi connectivity index (χ3v) is 7.73. The van der Waals surface area contributed by atoms with Crippen LogP contribution < -0.4 is 4.74 Å². The number of nitrogens with zero attached hydrogens (tertiary/aromatic N) is 2. The van der Waals surface area contributed by atoms with Gasteiger partial charge in [0.25, 0.3) is 0 Å². The molecule has 34 heavy (non-hydrogen) atoms. The highest BCUT2D eigenvalue weighted by Gasteiger charge is 2.49. The number of carbonyl (C=O) groups is 2. The molecule has 0 saturated carbocycles. The number of methoxy groups -OCH3 is 1. The molecule has 2 aliphatic heterocycles. The summed E-state index contributed by atoms with van der Waals surface area (Å²) in [6, 6.07) is 11.6. The minimum absolute atomic E-state index is 0.124. The quantitative estimate of drug-likeness (QED) is 0.589. The van der Waals surface area contributed by atoms with Crippen LogP contribution in [0.25, 0.3) is 10.9 Å². The first-order chi connectivity index (χ1) is 16.3. The van der Waals surface area contributed by atoms with E-state index < -0.39 is 5.97 Å². The Hall–Kier alpha value is -3.32. The second-order valence-corrected chi connectivity index (χ2v) is 9.88. The lowest BCUT2D eigenvalue weighted by Gasteiger charge is -2.56. The molecule has 178 valence electrons. The topological polar surface area (TPSA) is 85.9 Å². The Morgan fingerprint density at radius 3 is 2.59 bits per heavy atom. The van der Waals surface area contributed by atoms with Gasteiger partial charge in [0.1, 0.15) is 5.75 Å². The molecule has 1 spiro atoms. The average Bonchev–Trinajstić information content (AvgIpc) is 3.30. The first kappa shape index (κ1) is 22.5. The van der Waals surface area contributed by atoms with E-state index in [1.807, 2.05) is 23.2 Å². The Morgan fingerprint density at radius 1 is 1.21 bits per heavy atom. The number of ether oxygens (including phenoxy) is 1. The normalized spacial score (nSPS) is 19.9. The monoisotopic (exact) mass is 461 g/mol. The van der Waals surface area contributed by atoms with Crippen LogP contribution in [0.15, 0.2) is 42.6 Å². The summed E-state index contributed by atoms with van der Waals surface area (Å²) in [5, 5.41) is 10.5. The van der Waals surface area contributed by atoms with Gasteiger partial charge in [-0.05, 0) is 61.7 Å². The molecule has 2 aliphatic rings. The summed E-state index contributed by atoms with van der Waals surface area (Å²) in [5.41, 5.74) is 4.97. The Bertz CT molecular complexity index is 1240. The summed E-state index contributed by atoms with van der Waals surface area (Å²) in [6.45, 7) is 6.96. The first-order valence-corrected chi connectivity index (χ1v) is 11.8. The molecule has 1 atom stereocenters. The fourth-order valence-corrected chi connectivity index (χ4v) is 5.80. The summed E-state index contributed by atoms with van der Waals surface area (Å²) in [5.74, 6) is 0.102. The van der Waals surface area contributed by atoms with E-state index in [9.17, 15) is 14.7 Å². The molecule has 3 aromatic rings. The van der Waals surface area contributed by atoms with Crippen molar-refractivity contribution in [1.29, 1.82) is 0 Å². The fraction of sp³-hybridized carbons (Fsp3) is 0.407. The van der Waals surface area contributed by atoms with E-state index in [4.69, 9.17) is 4.74 Å². The van der Waals surface area contributed by atoms with Crippen LogP contribution in [0.5, 0.6) is 5.75 Å². The number of aromatic amines is 1. The second-order valence-electron chi connectivity index (χ2n) is 9.88. The molecule has 1 aromatic heterocycles. The van der Waals surface area contributed by atoms with Crippen LogP contribution in [-0.4, -0.2) is 58.5 Å². The number of amides is 1. The highest BCUT2D eigenvalue weighted by atomic mass is 16.5. The van der Waals surface area contributed by atoms with Gasteiger partial charge in [0.05, 0.1) is 12.7 Å². The van der Waals surface area contributed by atoms with Crippen molar-refractivity contribution < 1.29 is 19.4 Å². The lowest BCUT2D eigenvalue weighted by molar-refractivity contribution is -0.146. The van der Waals surface area contributed by atoms with Crippen LogP contribution in [0.4, 0.5) is 0 Å². The number of H-pyrrole nitrogens is 1. The van der Waals surface area contributed by atoms with Gasteiger partial charge in [-0.3, -0.25) is 9.69 Å². The highest BCUT2D eigenvalue weighted by Crippen LogP contribution is 2.48. The number of aromatic carboxylic acids is 1. The predicted octanol–water partition coefficient (Wildman–Crippen LogP) is 4.37. The maximum atomic E-state index is 11.9. The van der Waals surface area contributed by atoms with Gasteiger partial charge >= 0.3 is 5.97 Å². The van der Waals surface area contributed by atoms with E-state index in [0.717, 1.165) is 67.0 Å². The number of fused-ring (bicyclic) bond motifs is 1. The molecule has 1 amide bonds. The van der Waals surface area contributed by atoms with Crippen molar-refractivity contribution in [2.75, 3.05) is 26.7 Å². The molecule has 7 nitrogen and oxygen atoms in total. The maximum Gasteiger partial charge on any atom is 0.335 e. The van der Waals surface area contributed by atoms with Gasteiger partial charge in [-0.25, -0.2) is 4.79 Å². The highest BCUT2D eigenvalue weighted by molar-refractivity contribution is 5.88. The fourth-order valence-electron chi connectivity index (χ4n) is 5.80. The molecule has 2 fully saturated rings. The van der Waals surface area contributed by atoms with Gasteiger partial charge in [-0.15, -0.1) is 0 Å². The second kappa shape index (κ2) is 8.47. The van der Waals surface area contributed by atoms with Crippen LogP contribution in [0.3, 0.4) is 0 Å². The lowest BCUT2D eigenvalue weighted by atomic mass is 9.68. The first-order valence-electron chi connectivity index (χ1n) is 11.8. The van der Waals surface area contributed by atoms with Gasteiger partial charge in [0.2, 0.25) is 5.91 Å². The van der Waals surface area contributed by atoms with Crippen molar-refractivity contribution in [3.05, 3.63) is 64.8 Å². The van der Waals surface area contributed by atoms with Gasteiger partial charge in [-0.2, -0.15) is 0 Å². The van der Waals surface area contributed by atoms with E-state index in [1.165, 1.54) is 5.39 Å². The number of carbonyl (C=O) groups excluding carboxylic acids is 1. The molecule has 0 aliphatic carbocycles. The van der Waals surface area contributed by atoms with Crippen LogP contribution in [0.2, 0.25) is 0 Å². The number of hydrogen-bond donors (Lipinski definition) is 2. The Morgan fingerprint density at radius 2 is 1.94 bits per heavy atom. The summed E-state index contributed by atoms with van der Waals surface area (Å²) >= 11 is 0. The molecule has 1 unspecified atom stereocenters. The third kappa shape index (κ3) is 3.84. The maximum absolute atomic E-state index is 11.9. The van der Waals surface area contributed by atoms with Crippen molar-refractivity contribution in [3.63, 3.8) is 0 Å². The van der Waals surface area contributed by atoms with E-state index >= 15 is 0 Å². The molecule has 2 saturated heterocycles. The minimum Gasteiger partial charge on any atom is -0.496 e. The van der Waals surface area contributed by atoms with Gasteiger partial charge in [-0.1, -0.05) is 12.1 Å². The Kier molecular flexibility index (Phi) is 5.60. The van der Waals surface area contributed by atoms with Gasteiger partial charge in [0.15, 0.2) is 0 Å². The smallest absolute Gasteiger partial charge is 0.335 e. The number of benzene rings is 2. The minimum atomic E-state index is -0.918. The molecular formula is C27H31N3O4. The number of carboxylic acid groups (broad SMARTS) is 1. The SMILES string of the molecule is COc1cc(C)c2[nH]ccc2c1CN1CCC2(CC1c1ccc(C(=O)O)cc1)CN(C(C)=O)C2. The molecule has 0 radical (unpaired) electrons. The van der Waals surface area contributed by atoms with Crippen molar-refractivity contribution in [3.8, 4) is 5.75 Å². The number of likely N-dealkylation sites (tertiary alicyclic amines) is 2. The number of piperidine rings is 1. The number of hydrogen-bond acceptors (Lipinski definition) is 4. The molecule has 2 N–H and O–H groups in total. The average molecular weight is 462 g/mol. The molecular weight excluding hydrogens is 430 g/mol. The summed E-state index contributed by atoms with van der Waals surface area (Å²) < 4.78 is 5.79. The molecule has 3 heterocycles.